The SMILES string of the molecule is COC(=O)c1c(NC(=O)CSc2cccc(NC(=O)/C(=C\c3ccccc3Cl)NC(=O)c3ccccc3)c2)sc2c1CCC(C)C2. The Balaban J connectivity index is 1.27. The van der Waals surface area contributed by atoms with Crippen LogP contribution in [-0.4, -0.2) is 36.6 Å². The van der Waals surface area contributed by atoms with Crippen LogP contribution < -0.4 is 16.0 Å². The van der Waals surface area contributed by atoms with Crippen LogP contribution in [0.25, 0.3) is 6.08 Å². The molecule has 236 valence electrons. The van der Waals surface area contributed by atoms with Gasteiger partial charge in [-0.05, 0) is 78.8 Å². The van der Waals surface area contributed by atoms with Gasteiger partial charge in [-0.3, -0.25) is 14.4 Å². The van der Waals surface area contributed by atoms with Crippen molar-refractivity contribution in [3.05, 3.63) is 117 Å². The Morgan fingerprint density at radius 2 is 1.76 bits per heavy atom. The average molecular weight is 674 g/mol. The lowest BCUT2D eigenvalue weighted by molar-refractivity contribution is -0.114. The van der Waals surface area contributed by atoms with Crippen LogP contribution in [0, 0.1) is 5.92 Å². The van der Waals surface area contributed by atoms with Gasteiger partial charge in [0.05, 0.1) is 18.4 Å². The Labute approximate surface area is 280 Å². The van der Waals surface area contributed by atoms with Crippen molar-refractivity contribution in [2.24, 2.45) is 5.92 Å². The molecule has 4 aromatic rings. The normalized spacial score (nSPS) is 14.2. The predicted molar refractivity (Wildman–Crippen MR) is 185 cm³/mol. The molecule has 0 saturated heterocycles. The van der Waals surface area contributed by atoms with Gasteiger partial charge in [-0.1, -0.05) is 61.0 Å². The van der Waals surface area contributed by atoms with E-state index in [1.807, 2.05) is 6.07 Å². The number of benzene rings is 3. The average Bonchev–Trinajstić information content (AvgIpc) is 3.41. The fourth-order valence-corrected chi connectivity index (χ4v) is 7.38. The highest BCUT2D eigenvalue weighted by molar-refractivity contribution is 8.00. The zero-order valence-corrected chi connectivity index (χ0v) is 27.6. The zero-order valence-electron chi connectivity index (χ0n) is 25.2. The number of anilines is 2. The Morgan fingerprint density at radius 3 is 2.52 bits per heavy atom. The number of fused-ring (bicyclic) bond motifs is 1. The van der Waals surface area contributed by atoms with Gasteiger partial charge >= 0.3 is 5.97 Å². The number of rotatable bonds is 10. The molecule has 3 aromatic carbocycles. The zero-order chi connectivity index (χ0) is 32.6. The summed E-state index contributed by atoms with van der Waals surface area (Å²) < 4.78 is 5.03. The van der Waals surface area contributed by atoms with Gasteiger partial charge in [0.2, 0.25) is 5.91 Å². The van der Waals surface area contributed by atoms with Crippen molar-refractivity contribution < 1.29 is 23.9 Å². The van der Waals surface area contributed by atoms with E-state index in [1.165, 1.54) is 36.3 Å². The summed E-state index contributed by atoms with van der Waals surface area (Å²) in [5, 5.41) is 9.41. The van der Waals surface area contributed by atoms with Crippen LogP contribution in [0.2, 0.25) is 5.02 Å². The maximum atomic E-state index is 13.4. The Kier molecular flexibility index (Phi) is 11.0. The number of halogens is 1. The molecule has 8 nitrogen and oxygen atoms in total. The maximum absolute atomic E-state index is 13.4. The third-order valence-corrected chi connectivity index (χ3v) is 9.86. The summed E-state index contributed by atoms with van der Waals surface area (Å²) in [6.45, 7) is 2.18. The Hall–Kier alpha value is -4.38. The van der Waals surface area contributed by atoms with Crippen molar-refractivity contribution >= 4 is 75.2 Å². The number of methoxy groups -OCH3 is 1. The van der Waals surface area contributed by atoms with Crippen molar-refractivity contribution in [1.82, 2.24) is 5.32 Å². The first kappa shape index (κ1) is 33.0. The van der Waals surface area contributed by atoms with Crippen molar-refractivity contribution in [3.63, 3.8) is 0 Å². The lowest BCUT2D eigenvalue weighted by atomic mass is 9.88. The second kappa shape index (κ2) is 15.3. The first-order valence-electron chi connectivity index (χ1n) is 14.6. The number of ether oxygens (including phenoxy) is 1. The number of thioether (sulfide) groups is 1. The molecule has 1 aliphatic rings. The van der Waals surface area contributed by atoms with E-state index in [9.17, 15) is 19.2 Å². The van der Waals surface area contributed by atoms with E-state index in [0.717, 1.165) is 34.6 Å². The summed E-state index contributed by atoms with van der Waals surface area (Å²) in [6.07, 6.45) is 4.16. The topological polar surface area (TPSA) is 114 Å². The van der Waals surface area contributed by atoms with E-state index < -0.39 is 17.8 Å². The van der Waals surface area contributed by atoms with Gasteiger partial charge in [-0.2, -0.15) is 0 Å². The summed E-state index contributed by atoms with van der Waals surface area (Å²) in [6, 6.07) is 22.6. The summed E-state index contributed by atoms with van der Waals surface area (Å²) in [5.41, 5.74) is 2.88. The minimum atomic E-state index is -0.546. The lowest BCUT2D eigenvalue weighted by Gasteiger charge is -2.18. The second-order valence-electron chi connectivity index (χ2n) is 10.8. The summed E-state index contributed by atoms with van der Waals surface area (Å²) in [5.74, 6) is -1.09. The van der Waals surface area contributed by atoms with Gasteiger partial charge in [0.25, 0.3) is 11.8 Å². The van der Waals surface area contributed by atoms with Crippen LogP contribution in [0.3, 0.4) is 0 Å². The van der Waals surface area contributed by atoms with Crippen LogP contribution in [0.15, 0.2) is 89.5 Å². The maximum Gasteiger partial charge on any atom is 0.341 e. The molecule has 1 aromatic heterocycles. The summed E-state index contributed by atoms with van der Waals surface area (Å²) in [4.78, 5) is 53.8. The standard InChI is InChI=1S/C35H32ClN3O5S2/c1-21-15-16-26-29(17-21)46-34(31(26)35(43)44-2)39-30(40)20-45-25-13-8-12-24(19-25)37-33(42)28(18-23-11-6-7-14-27(23)36)38-32(41)22-9-4-3-5-10-22/h3-14,18-19,21H,15-17,20H2,1-2H3,(H,37,42)(H,38,41)(H,39,40)/b28-18+. The van der Waals surface area contributed by atoms with Gasteiger partial charge < -0.3 is 20.7 Å². The molecule has 0 radical (unpaired) electrons. The van der Waals surface area contributed by atoms with Crippen LogP contribution in [-0.2, 0) is 27.2 Å². The van der Waals surface area contributed by atoms with Gasteiger partial charge in [0.15, 0.2) is 0 Å². The van der Waals surface area contributed by atoms with Gasteiger partial charge in [0, 0.05) is 26.0 Å². The molecule has 0 bridgehead atoms. The smallest absolute Gasteiger partial charge is 0.341 e. The molecule has 3 amide bonds. The number of carbonyl (C=O) groups excluding carboxylic acids is 4. The lowest BCUT2D eigenvalue weighted by Crippen LogP contribution is -2.30. The van der Waals surface area contributed by atoms with Gasteiger partial charge in [-0.15, -0.1) is 23.1 Å². The first-order chi connectivity index (χ1) is 22.2. The van der Waals surface area contributed by atoms with Crippen molar-refractivity contribution in [2.45, 2.75) is 31.1 Å². The van der Waals surface area contributed by atoms with E-state index in [0.29, 0.717) is 38.3 Å². The first-order valence-corrected chi connectivity index (χ1v) is 16.8. The highest BCUT2D eigenvalue weighted by Crippen LogP contribution is 2.40. The minimum Gasteiger partial charge on any atom is -0.465 e. The second-order valence-corrected chi connectivity index (χ2v) is 13.3. The number of esters is 1. The van der Waals surface area contributed by atoms with E-state index in [1.54, 1.807) is 72.8 Å². The Morgan fingerprint density at radius 1 is 1.00 bits per heavy atom. The predicted octanol–water partition coefficient (Wildman–Crippen LogP) is 7.45. The van der Waals surface area contributed by atoms with Gasteiger partial charge in [-0.25, -0.2) is 4.79 Å². The molecule has 0 spiro atoms. The van der Waals surface area contributed by atoms with Crippen LogP contribution in [0.5, 0.6) is 0 Å². The number of amides is 3. The highest BCUT2D eigenvalue weighted by atomic mass is 35.5. The van der Waals surface area contributed by atoms with Crippen molar-refractivity contribution in [3.8, 4) is 0 Å². The number of hydrogen-bond acceptors (Lipinski definition) is 7. The van der Waals surface area contributed by atoms with E-state index >= 15 is 0 Å². The number of hydrogen-bond donors (Lipinski definition) is 3. The molecule has 1 aliphatic carbocycles. The molecular formula is C35H32ClN3O5S2. The van der Waals surface area contributed by atoms with Crippen LogP contribution in [0.1, 0.15) is 50.1 Å². The Bertz CT molecular complexity index is 1800. The molecular weight excluding hydrogens is 642 g/mol. The molecule has 0 fully saturated rings. The molecule has 0 saturated carbocycles. The fourth-order valence-electron chi connectivity index (χ4n) is 5.02. The van der Waals surface area contributed by atoms with E-state index in [4.69, 9.17) is 16.3 Å². The summed E-state index contributed by atoms with van der Waals surface area (Å²) >= 11 is 9.07. The molecule has 5 rings (SSSR count). The quantitative estimate of drug-likeness (QED) is 0.0916. The third kappa shape index (κ3) is 8.25. The van der Waals surface area contributed by atoms with Crippen LogP contribution in [0.4, 0.5) is 10.7 Å². The molecule has 3 N–H and O–H groups in total. The largest absolute Gasteiger partial charge is 0.465 e. The fraction of sp³-hybridized carbons (Fsp3) is 0.200. The van der Waals surface area contributed by atoms with Crippen molar-refractivity contribution in [2.75, 3.05) is 23.5 Å². The highest BCUT2D eigenvalue weighted by Gasteiger charge is 2.29. The molecule has 11 heteroatoms. The number of nitrogens with one attached hydrogen (secondary N) is 3. The molecule has 0 aliphatic heterocycles. The minimum absolute atomic E-state index is 0.00818. The summed E-state index contributed by atoms with van der Waals surface area (Å²) in [7, 11) is 1.35. The van der Waals surface area contributed by atoms with E-state index in [2.05, 4.69) is 22.9 Å². The molecule has 1 unspecified atom stereocenters. The van der Waals surface area contributed by atoms with E-state index in [-0.39, 0.29) is 17.4 Å². The molecule has 46 heavy (non-hydrogen) atoms. The molecule has 1 atom stereocenters. The van der Waals surface area contributed by atoms with Crippen LogP contribution >= 0.6 is 34.7 Å². The molecule has 1 heterocycles. The number of carbonyl (C=O) groups is 4. The van der Waals surface area contributed by atoms with Gasteiger partial charge in [0.1, 0.15) is 10.7 Å². The number of thiophene rings is 1. The third-order valence-electron chi connectivity index (χ3n) is 7.35. The monoisotopic (exact) mass is 673 g/mol. The van der Waals surface area contributed by atoms with Crippen molar-refractivity contribution in [1.29, 1.82) is 0 Å².